The summed E-state index contributed by atoms with van der Waals surface area (Å²) in [4.78, 5) is 0. The molecule has 1 aliphatic rings. The van der Waals surface area contributed by atoms with Gasteiger partial charge >= 0.3 is 0 Å². The van der Waals surface area contributed by atoms with Crippen LogP contribution in [0.5, 0.6) is 0 Å². The molecule has 1 fully saturated rings. The van der Waals surface area contributed by atoms with Crippen LogP contribution in [-0.2, 0) is 11.0 Å². The van der Waals surface area contributed by atoms with Gasteiger partial charge in [0.25, 0.3) is 0 Å². The first-order valence-electron chi connectivity index (χ1n) is 5.49. The molecule has 0 saturated heterocycles. The van der Waals surface area contributed by atoms with Gasteiger partial charge in [0.15, 0.2) is 0 Å². The Labute approximate surface area is 91.1 Å². The van der Waals surface area contributed by atoms with Gasteiger partial charge in [-0.3, -0.25) is 0 Å². The first kappa shape index (κ1) is 10.7. The maximum Gasteiger partial charge on any atom is 0.0522 e. The molecule has 2 heteroatoms. The van der Waals surface area contributed by atoms with Crippen molar-refractivity contribution in [1.82, 2.24) is 0 Å². The van der Waals surface area contributed by atoms with Gasteiger partial charge in [-0.25, -0.2) is 0 Å². The highest BCUT2D eigenvalue weighted by Gasteiger charge is 2.39. The van der Waals surface area contributed by atoms with E-state index in [1.807, 2.05) is 13.8 Å². The van der Waals surface area contributed by atoms with Crippen LogP contribution in [0, 0.1) is 0 Å². The van der Waals surface area contributed by atoms with Crippen molar-refractivity contribution in [2.24, 2.45) is 5.73 Å². The van der Waals surface area contributed by atoms with Crippen LogP contribution >= 0.6 is 0 Å². The summed E-state index contributed by atoms with van der Waals surface area (Å²) < 4.78 is 0. The van der Waals surface area contributed by atoms with E-state index in [-0.39, 0.29) is 17.6 Å². The number of aliphatic hydroxyl groups is 1. The maximum absolute atomic E-state index is 9.26. The Morgan fingerprint density at radius 3 is 2.20 bits per heavy atom. The Balaban J connectivity index is 2.24. The summed E-state index contributed by atoms with van der Waals surface area (Å²) in [6.45, 7) is 4.24. The fourth-order valence-electron chi connectivity index (χ4n) is 1.77. The highest BCUT2D eigenvalue weighted by atomic mass is 16.3. The third-order valence-electron chi connectivity index (χ3n) is 3.43. The Bertz CT molecular complexity index is 349. The van der Waals surface area contributed by atoms with E-state index in [0.717, 1.165) is 18.4 Å². The minimum atomic E-state index is -0.163. The normalized spacial score (nSPS) is 18.9. The first-order chi connectivity index (χ1) is 6.98. The number of hydrogen-bond acceptors (Lipinski definition) is 2. The predicted octanol–water partition coefficient (Wildman–Crippen LogP) is 1.90. The molecule has 1 aromatic carbocycles. The number of rotatable bonds is 3. The second kappa shape index (κ2) is 3.32. The third-order valence-corrected chi connectivity index (χ3v) is 3.43. The standard InChI is InChI=1S/C13H19NO/c1-12(2,9-15)10-3-5-11(6-4-10)13(14)7-8-13/h3-6,15H,7-9,14H2,1-2H3. The molecule has 0 amide bonds. The highest BCUT2D eigenvalue weighted by molar-refractivity contribution is 5.34. The Morgan fingerprint density at radius 1 is 1.27 bits per heavy atom. The topological polar surface area (TPSA) is 46.2 Å². The number of nitrogens with two attached hydrogens (primary N) is 1. The van der Waals surface area contributed by atoms with E-state index in [1.54, 1.807) is 0 Å². The van der Waals surface area contributed by atoms with Gasteiger partial charge < -0.3 is 10.8 Å². The summed E-state index contributed by atoms with van der Waals surface area (Å²) in [5.41, 5.74) is 8.28. The lowest BCUT2D eigenvalue weighted by Gasteiger charge is -2.23. The minimum absolute atomic E-state index is 0.0537. The Hall–Kier alpha value is -0.860. The van der Waals surface area contributed by atoms with E-state index >= 15 is 0 Å². The van der Waals surface area contributed by atoms with Crippen molar-refractivity contribution < 1.29 is 5.11 Å². The first-order valence-corrected chi connectivity index (χ1v) is 5.49. The SMILES string of the molecule is CC(C)(CO)c1ccc(C2(N)CC2)cc1. The van der Waals surface area contributed by atoms with Crippen LogP contribution in [-0.4, -0.2) is 11.7 Å². The molecule has 0 heterocycles. The molecule has 0 bridgehead atoms. The second-order valence-corrected chi connectivity index (χ2v) is 5.28. The molecule has 82 valence electrons. The largest absolute Gasteiger partial charge is 0.395 e. The van der Waals surface area contributed by atoms with Gasteiger partial charge in [0.1, 0.15) is 0 Å². The molecule has 0 atom stereocenters. The molecular formula is C13H19NO. The van der Waals surface area contributed by atoms with E-state index in [4.69, 9.17) is 5.73 Å². The van der Waals surface area contributed by atoms with Crippen molar-refractivity contribution in [3.63, 3.8) is 0 Å². The lowest BCUT2D eigenvalue weighted by atomic mass is 9.85. The molecule has 0 aliphatic heterocycles. The summed E-state index contributed by atoms with van der Waals surface area (Å²) in [5.74, 6) is 0. The molecule has 1 saturated carbocycles. The van der Waals surface area contributed by atoms with Crippen molar-refractivity contribution >= 4 is 0 Å². The number of benzene rings is 1. The van der Waals surface area contributed by atoms with Gasteiger partial charge in [-0.1, -0.05) is 38.1 Å². The van der Waals surface area contributed by atoms with E-state index in [0.29, 0.717) is 0 Å². The van der Waals surface area contributed by atoms with Crippen LogP contribution in [0.25, 0.3) is 0 Å². The maximum atomic E-state index is 9.26. The average molecular weight is 205 g/mol. The number of hydrogen-bond donors (Lipinski definition) is 2. The van der Waals surface area contributed by atoms with Crippen LogP contribution in [0.2, 0.25) is 0 Å². The molecule has 1 aliphatic carbocycles. The summed E-state index contributed by atoms with van der Waals surface area (Å²) in [5, 5.41) is 9.26. The molecule has 0 unspecified atom stereocenters. The van der Waals surface area contributed by atoms with Crippen molar-refractivity contribution in [1.29, 1.82) is 0 Å². The zero-order valence-corrected chi connectivity index (χ0v) is 9.46. The number of aliphatic hydroxyl groups excluding tert-OH is 1. The van der Waals surface area contributed by atoms with Gasteiger partial charge in [0.2, 0.25) is 0 Å². The van der Waals surface area contributed by atoms with Crippen LogP contribution in [0.4, 0.5) is 0 Å². The zero-order chi connectivity index (χ0) is 11.1. The van der Waals surface area contributed by atoms with Gasteiger partial charge in [0, 0.05) is 11.0 Å². The van der Waals surface area contributed by atoms with Crippen LogP contribution in [0.1, 0.15) is 37.8 Å². The molecule has 2 rings (SSSR count). The summed E-state index contributed by atoms with van der Waals surface area (Å²) in [7, 11) is 0. The van der Waals surface area contributed by atoms with Crippen LogP contribution in [0.3, 0.4) is 0 Å². The fourth-order valence-corrected chi connectivity index (χ4v) is 1.77. The Morgan fingerprint density at radius 2 is 1.80 bits per heavy atom. The highest BCUT2D eigenvalue weighted by Crippen LogP contribution is 2.42. The monoisotopic (exact) mass is 205 g/mol. The molecule has 15 heavy (non-hydrogen) atoms. The summed E-state index contributed by atoms with van der Waals surface area (Å²) in [6.07, 6.45) is 2.19. The van der Waals surface area contributed by atoms with Gasteiger partial charge in [-0.05, 0) is 24.0 Å². The lowest BCUT2D eigenvalue weighted by Crippen LogP contribution is -2.23. The van der Waals surface area contributed by atoms with E-state index in [9.17, 15) is 5.11 Å². The van der Waals surface area contributed by atoms with E-state index < -0.39 is 0 Å². The second-order valence-electron chi connectivity index (χ2n) is 5.28. The van der Waals surface area contributed by atoms with Crippen molar-refractivity contribution in [2.75, 3.05) is 6.61 Å². The van der Waals surface area contributed by atoms with Crippen LogP contribution < -0.4 is 5.73 Å². The van der Waals surface area contributed by atoms with Crippen molar-refractivity contribution in [3.05, 3.63) is 35.4 Å². The van der Waals surface area contributed by atoms with Gasteiger partial charge in [-0.2, -0.15) is 0 Å². The Kier molecular flexibility index (Phi) is 2.36. The predicted molar refractivity (Wildman–Crippen MR) is 61.7 cm³/mol. The smallest absolute Gasteiger partial charge is 0.0522 e. The lowest BCUT2D eigenvalue weighted by molar-refractivity contribution is 0.218. The van der Waals surface area contributed by atoms with Gasteiger partial charge in [0.05, 0.1) is 6.61 Å². The summed E-state index contributed by atoms with van der Waals surface area (Å²) >= 11 is 0. The molecule has 0 spiro atoms. The third kappa shape index (κ3) is 1.92. The van der Waals surface area contributed by atoms with Crippen LogP contribution in [0.15, 0.2) is 24.3 Å². The molecule has 2 nitrogen and oxygen atoms in total. The zero-order valence-electron chi connectivity index (χ0n) is 9.46. The molecular weight excluding hydrogens is 186 g/mol. The molecule has 0 radical (unpaired) electrons. The molecule has 1 aromatic rings. The quantitative estimate of drug-likeness (QED) is 0.791. The van der Waals surface area contributed by atoms with E-state index in [2.05, 4.69) is 24.3 Å². The average Bonchev–Trinajstić information content (AvgIpc) is 2.98. The molecule has 0 aromatic heterocycles. The fraction of sp³-hybridized carbons (Fsp3) is 0.538. The molecule has 3 N–H and O–H groups in total. The van der Waals surface area contributed by atoms with Crippen molar-refractivity contribution in [2.45, 2.75) is 37.6 Å². The van der Waals surface area contributed by atoms with Gasteiger partial charge in [-0.15, -0.1) is 0 Å². The van der Waals surface area contributed by atoms with Crippen molar-refractivity contribution in [3.8, 4) is 0 Å². The summed E-state index contributed by atoms with van der Waals surface area (Å²) in [6, 6.07) is 8.36. The minimum Gasteiger partial charge on any atom is -0.395 e. The van der Waals surface area contributed by atoms with E-state index in [1.165, 1.54) is 5.56 Å².